The largest absolute Gasteiger partial charge is 0.390 e. The number of halogens is 1. The average molecular weight is 133 g/mol. The van der Waals surface area contributed by atoms with Crippen molar-refractivity contribution in [3.05, 3.63) is 0 Å². The second-order valence-corrected chi connectivity index (χ2v) is 2.41. The molecule has 0 aromatic rings. The van der Waals surface area contributed by atoms with Crippen molar-refractivity contribution in [1.29, 1.82) is 0 Å². The zero-order valence-electron chi connectivity index (χ0n) is 5.31. The zero-order valence-corrected chi connectivity index (χ0v) is 5.31. The summed E-state index contributed by atoms with van der Waals surface area (Å²) in [6, 6.07) is 0. The lowest BCUT2D eigenvalue weighted by Gasteiger charge is -2.09. The Morgan fingerprint density at radius 3 is 2.78 bits per heavy atom. The molecule has 1 fully saturated rings. The van der Waals surface area contributed by atoms with Crippen LogP contribution in [0.1, 0.15) is 12.8 Å². The van der Waals surface area contributed by atoms with E-state index in [0.717, 1.165) is 6.54 Å². The van der Waals surface area contributed by atoms with Crippen molar-refractivity contribution < 1.29 is 9.50 Å². The molecule has 1 aliphatic rings. The summed E-state index contributed by atoms with van der Waals surface area (Å²) >= 11 is 0. The number of hydrogen-bond donors (Lipinski definition) is 2. The molecule has 0 amide bonds. The van der Waals surface area contributed by atoms with Gasteiger partial charge in [0, 0.05) is 0 Å². The summed E-state index contributed by atoms with van der Waals surface area (Å²) < 4.78 is 12.5. The van der Waals surface area contributed by atoms with Gasteiger partial charge in [0.25, 0.3) is 0 Å². The molecule has 1 heterocycles. The van der Waals surface area contributed by atoms with Gasteiger partial charge in [-0.1, -0.05) is 0 Å². The first-order chi connectivity index (χ1) is 4.30. The Hall–Kier alpha value is -0.150. The molecule has 0 aliphatic carbocycles. The molecule has 0 bridgehead atoms. The number of nitrogens with one attached hydrogen (secondary N) is 1. The Bertz CT molecular complexity index is 79.1. The van der Waals surface area contributed by atoms with Gasteiger partial charge in [0.15, 0.2) is 0 Å². The Morgan fingerprint density at radius 1 is 1.33 bits per heavy atom. The lowest BCUT2D eigenvalue weighted by molar-refractivity contribution is 0.0758. The monoisotopic (exact) mass is 133 g/mol. The molecular formula is C6H12FNO. The van der Waals surface area contributed by atoms with Crippen molar-refractivity contribution in [2.45, 2.75) is 25.1 Å². The molecule has 9 heavy (non-hydrogen) atoms. The highest BCUT2D eigenvalue weighted by molar-refractivity contribution is 4.73. The Morgan fingerprint density at radius 2 is 2.00 bits per heavy atom. The number of aliphatic hydroxyl groups excluding tert-OH is 1. The van der Waals surface area contributed by atoms with E-state index in [1.807, 2.05) is 0 Å². The zero-order chi connectivity index (χ0) is 6.69. The van der Waals surface area contributed by atoms with Gasteiger partial charge in [-0.05, 0) is 25.9 Å². The predicted molar refractivity (Wildman–Crippen MR) is 33.0 cm³/mol. The van der Waals surface area contributed by atoms with Gasteiger partial charge < -0.3 is 10.4 Å². The summed E-state index contributed by atoms with van der Waals surface area (Å²) in [5.74, 6) is 0. The number of hydrogen-bond acceptors (Lipinski definition) is 2. The van der Waals surface area contributed by atoms with E-state index < -0.39 is 12.3 Å². The second-order valence-electron chi connectivity index (χ2n) is 2.41. The summed E-state index contributed by atoms with van der Waals surface area (Å²) in [5, 5.41) is 12.0. The van der Waals surface area contributed by atoms with E-state index in [4.69, 9.17) is 5.11 Å². The molecule has 0 radical (unpaired) electrons. The first-order valence-corrected chi connectivity index (χ1v) is 3.33. The van der Waals surface area contributed by atoms with Gasteiger partial charge in [0.1, 0.15) is 6.17 Å². The van der Waals surface area contributed by atoms with Gasteiger partial charge in [-0.3, -0.25) is 0 Å². The van der Waals surface area contributed by atoms with Crippen molar-refractivity contribution in [2.24, 2.45) is 0 Å². The van der Waals surface area contributed by atoms with E-state index in [1.165, 1.54) is 0 Å². The minimum atomic E-state index is -1.01. The van der Waals surface area contributed by atoms with Crippen LogP contribution >= 0.6 is 0 Å². The molecule has 0 aromatic carbocycles. The molecule has 1 saturated heterocycles. The second kappa shape index (κ2) is 3.13. The standard InChI is InChI=1S/C6H12FNO/c7-5-1-3-8-4-2-6(5)9/h5-6,8-9H,1-4H2/t5-,6+/m0/s1. The molecule has 54 valence electrons. The van der Waals surface area contributed by atoms with Crippen LogP contribution in [0.3, 0.4) is 0 Å². The van der Waals surface area contributed by atoms with Crippen LogP contribution in [0.4, 0.5) is 4.39 Å². The van der Waals surface area contributed by atoms with Gasteiger partial charge >= 0.3 is 0 Å². The number of aliphatic hydroxyl groups is 1. The third-order valence-corrected chi connectivity index (χ3v) is 1.63. The number of alkyl halides is 1. The fourth-order valence-electron chi connectivity index (χ4n) is 0.988. The van der Waals surface area contributed by atoms with Gasteiger partial charge in [-0.2, -0.15) is 0 Å². The van der Waals surface area contributed by atoms with Gasteiger partial charge in [-0.15, -0.1) is 0 Å². The smallest absolute Gasteiger partial charge is 0.127 e. The van der Waals surface area contributed by atoms with Crippen LogP contribution < -0.4 is 5.32 Å². The minimum Gasteiger partial charge on any atom is -0.390 e. The topological polar surface area (TPSA) is 32.3 Å². The van der Waals surface area contributed by atoms with E-state index in [0.29, 0.717) is 19.4 Å². The van der Waals surface area contributed by atoms with E-state index in [1.54, 1.807) is 0 Å². The van der Waals surface area contributed by atoms with Crippen LogP contribution in [0.5, 0.6) is 0 Å². The summed E-state index contributed by atoms with van der Waals surface area (Å²) in [6.45, 7) is 1.43. The molecule has 0 aromatic heterocycles. The first kappa shape index (κ1) is 6.96. The fraction of sp³-hybridized carbons (Fsp3) is 1.00. The summed E-state index contributed by atoms with van der Waals surface area (Å²) in [4.78, 5) is 0. The minimum absolute atomic E-state index is 0.446. The molecule has 3 heteroatoms. The highest BCUT2D eigenvalue weighted by Crippen LogP contribution is 2.09. The highest BCUT2D eigenvalue weighted by atomic mass is 19.1. The molecule has 2 nitrogen and oxygen atoms in total. The fourth-order valence-corrected chi connectivity index (χ4v) is 0.988. The van der Waals surface area contributed by atoms with Crippen LogP contribution in [-0.2, 0) is 0 Å². The van der Waals surface area contributed by atoms with Gasteiger partial charge in [0.2, 0.25) is 0 Å². The maximum absolute atomic E-state index is 12.5. The molecule has 0 spiro atoms. The normalized spacial score (nSPS) is 38.0. The van der Waals surface area contributed by atoms with E-state index in [2.05, 4.69) is 5.32 Å². The number of rotatable bonds is 0. The summed E-state index contributed by atoms with van der Waals surface area (Å²) in [7, 11) is 0. The molecule has 0 saturated carbocycles. The third kappa shape index (κ3) is 1.91. The van der Waals surface area contributed by atoms with Crippen LogP contribution in [0.25, 0.3) is 0 Å². The highest BCUT2D eigenvalue weighted by Gasteiger charge is 2.19. The lowest BCUT2D eigenvalue weighted by atomic mass is 10.1. The van der Waals surface area contributed by atoms with Crippen LogP contribution in [-0.4, -0.2) is 30.5 Å². The van der Waals surface area contributed by atoms with Crippen molar-refractivity contribution >= 4 is 0 Å². The van der Waals surface area contributed by atoms with Crippen molar-refractivity contribution in [2.75, 3.05) is 13.1 Å². The molecule has 2 N–H and O–H groups in total. The SMILES string of the molecule is O[C@@H]1CCNCC[C@@H]1F. The van der Waals surface area contributed by atoms with Crippen LogP contribution in [0.2, 0.25) is 0 Å². The predicted octanol–water partition coefficient (Wildman–Crippen LogP) is 0.0688. The molecule has 1 rings (SSSR count). The van der Waals surface area contributed by atoms with E-state index in [-0.39, 0.29) is 0 Å². The summed E-state index contributed by atoms with van der Waals surface area (Å²) in [5.41, 5.74) is 0. The van der Waals surface area contributed by atoms with Gasteiger partial charge in [-0.25, -0.2) is 4.39 Å². The first-order valence-electron chi connectivity index (χ1n) is 3.33. The van der Waals surface area contributed by atoms with Gasteiger partial charge in [0.05, 0.1) is 6.10 Å². The molecule has 0 unspecified atom stereocenters. The van der Waals surface area contributed by atoms with Crippen molar-refractivity contribution in [3.8, 4) is 0 Å². The van der Waals surface area contributed by atoms with Crippen molar-refractivity contribution in [3.63, 3.8) is 0 Å². The average Bonchev–Trinajstić information content (AvgIpc) is 1.99. The van der Waals surface area contributed by atoms with Crippen LogP contribution in [0.15, 0.2) is 0 Å². The maximum atomic E-state index is 12.5. The lowest BCUT2D eigenvalue weighted by Crippen LogP contribution is -2.20. The summed E-state index contributed by atoms with van der Waals surface area (Å²) in [6.07, 6.45) is -0.762. The van der Waals surface area contributed by atoms with E-state index in [9.17, 15) is 4.39 Å². The maximum Gasteiger partial charge on any atom is 0.127 e. The Labute approximate surface area is 54.1 Å². The van der Waals surface area contributed by atoms with E-state index >= 15 is 0 Å². The molecule has 1 aliphatic heterocycles. The Kier molecular flexibility index (Phi) is 2.42. The third-order valence-electron chi connectivity index (χ3n) is 1.63. The molecule has 2 atom stereocenters. The van der Waals surface area contributed by atoms with Crippen molar-refractivity contribution in [1.82, 2.24) is 5.32 Å². The quantitative estimate of drug-likeness (QED) is 0.490. The Balaban J connectivity index is 2.32. The molecular weight excluding hydrogens is 121 g/mol. The van der Waals surface area contributed by atoms with Crippen LogP contribution in [0, 0.1) is 0 Å².